The lowest BCUT2D eigenvalue weighted by Crippen LogP contribution is -2.44. The van der Waals surface area contributed by atoms with E-state index in [0.29, 0.717) is 12.2 Å². The maximum atomic E-state index is 11.5. The van der Waals surface area contributed by atoms with Crippen molar-refractivity contribution < 1.29 is 19.1 Å². The zero-order valence-electron chi connectivity index (χ0n) is 12.7. The Morgan fingerprint density at radius 2 is 2.10 bits per heavy atom. The fraction of sp³-hybridized carbons (Fsp3) is 0.688. The van der Waals surface area contributed by atoms with Crippen molar-refractivity contribution in [2.75, 3.05) is 7.11 Å². The summed E-state index contributed by atoms with van der Waals surface area (Å²) in [5.74, 6) is 0.232. The molecule has 2 rings (SSSR count). The third-order valence-electron chi connectivity index (χ3n) is 4.34. The van der Waals surface area contributed by atoms with Crippen molar-refractivity contribution >= 4 is 5.97 Å². The van der Waals surface area contributed by atoms with Crippen LogP contribution >= 0.6 is 0 Å². The third kappa shape index (κ3) is 2.62. The molecule has 0 saturated heterocycles. The van der Waals surface area contributed by atoms with Crippen molar-refractivity contribution in [1.82, 2.24) is 0 Å². The molecule has 20 heavy (non-hydrogen) atoms. The zero-order chi connectivity index (χ0) is 15.0. The number of hydrogen-bond donors (Lipinski definition) is 1. The molecule has 1 aliphatic rings. The average Bonchev–Trinajstić information content (AvgIpc) is 2.87. The van der Waals surface area contributed by atoms with Gasteiger partial charge in [-0.25, -0.2) is 4.79 Å². The van der Waals surface area contributed by atoms with Gasteiger partial charge in [-0.15, -0.1) is 0 Å². The lowest BCUT2D eigenvalue weighted by atomic mass is 9.63. The first-order valence-corrected chi connectivity index (χ1v) is 7.20. The number of aliphatic hydroxyl groups is 1. The van der Waals surface area contributed by atoms with Crippen molar-refractivity contribution in [3.8, 4) is 0 Å². The highest BCUT2D eigenvalue weighted by Gasteiger charge is 2.48. The van der Waals surface area contributed by atoms with E-state index >= 15 is 0 Å². The summed E-state index contributed by atoms with van der Waals surface area (Å²) in [7, 11) is 1.32. The number of rotatable bonds is 2. The standard InChI is InChI=1S/C16H24O4/c1-15(2,3)12-7-5-6-10-16(12,18)13-9-8-11(20-13)14(17)19-4/h8-9,12,18H,5-7,10H2,1-4H3. The first kappa shape index (κ1) is 15.1. The minimum absolute atomic E-state index is 0.0204. The molecule has 1 fully saturated rings. The van der Waals surface area contributed by atoms with E-state index in [1.165, 1.54) is 7.11 Å². The molecule has 1 N–H and O–H groups in total. The molecular weight excluding hydrogens is 256 g/mol. The summed E-state index contributed by atoms with van der Waals surface area (Å²) in [6, 6.07) is 3.28. The van der Waals surface area contributed by atoms with Gasteiger partial charge in [-0.1, -0.05) is 33.6 Å². The molecule has 1 saturated carbocycles. The molecule has 0 radical (unpaired) electrons. The van der Waals surface area contributed by atoms with Gasteiger partial charge in [0.1, 0.15) is 11.4 Å². The van der Waals surface area contributed by atoms with Crippen LogP contribution in [0.2, 0.25) is 0 Å². The predicted octanol–water partition coefficient (Wildman–Crippen LogP) is 3.49. The van der Waals surface area contributed by atoms with Crippen molar-refractivity contribution in [3.05, 3.63) is 23.7 Å². The van der Waals surface area contributed by atoms with Crippen LogP contribution in [0.3, 0.4) is 0 Å². The van der Waals surface area contributed by atoms with Crippen molar-refractivity contribution in [1.29, 1.82) is 0 Å². The number of furan rings is 1. The van der Waals surface area contributed by atoms with Gasteiger partial charge in [-0.3, -0.25) is 0 Å². The topological polar surface area (TPSA) is 59.7 Å². The summed E-state index contributed by atoms with van der Waals surface area (Å²) in [5.41, 5.74) is -1.02. The second-order valence-electron chi connectivity index (χ2n) is 6.74. The number of carbonyl (C=O) groups excluding carboxylic acids is 1. The van der Waals surface area contributed by atoms with Crippen LogP contribution in [0.4, 0.5) is 0 Å². The van der Waals surface area contributed by atoms with E-state index in [9.17, 15) is 9.90 Å². The molecular formula is C16H24O4. The Hall–Kier alpha value is -1.29. The maximum absolute atomic E-state index is 11.5. The van der Waals surface area contributed by atoms with Gasteiger partial charge in [0.05, 0.1) is 7.11 Å². The first-order valence-electron chi connectivity index (χ1n) is 7.20. The van der Waals surface area contributed by atoms with Crippen molar-refractivity contribution in [3.63, 3.8) is 0 Å². The summed E-state index contributed by atoms with van der Waals surface area (Å²) in [6.07, 6.45) is 3.73. The number of hydrogen-bond acceptors (Lipinski definition) is 4. The van der Waals surface area contributed by atoms with Crippen LogP contribution in [0.15, 0.2) is 16.5 Å². The van der Waals surface area contributed by atoms with Crippen LogP contribution in [0.1, 0.15) is 62.8 Å². The van der Waals surface area contributed by atoms with E-state index in [-0.39, 0.29) is 17.1 Å². The van der Waals surface area contributed by atoms with Gasteiger partial charge in [0.2, 0.25) is 5.76 Å². The Labute approximate surface area is 120 Å². The van der Waals surface area contributed by atoms with E-state index in [2.05, 4.69) is 25.5 Å². The number of methoxy groups -OCH3 is 1. The maximum Gasteiger partial charge on any atom is 0.373 e. The minimum Gasteiger partial charge on any atom is -0.463 e. The fourth-order valence-electron chi connectivity index (χ4n) is 3.38. The lowest BCUT2D eigenvalue weighted by molar-refractivity contribution is -0.109. The zero-order valence-corrected chi connectivity index (χ0v) is 12.7. The quantitative estimate of drug-likeness (QED) is 0.842. The Morgan fingerprint density at radius 3 is 2.70 bits per heavy atom. The molecule has 2 unspecified atom stereocenters. The van der Waals surface area contributed by atoms with Crippen LogP contribution in [0, 0.1) is 11.3 Å². The molecule has 1 aromatic heterocycles. The summed E-state index contributed by atoms with van der Waals surface area (Å²) in [6.45, 7) is 6.41. The highest BCUT2D eigenvalue weighted by Crippen LogP contribution is 2.50. The molecule has 4 heteroatoms. The summed E-state index contributed by atoms with van der Waals surface area (Å²) in [4.78, 5) is 11.5. The van der Waals surface area contributed by atoms with Gasteiger partial charge in [-0.2, -0.15) is 0 Å². The second-order valence-corrected chi connectivity index (χ2v) is 6.74. The Bertz CT molecular complexity index is 483. The first-order chi connectivity index (χ1) is 9.29. The lowest BCUT2D eigenvalue weighted by Gasteiger charge is -2.45. The average molecular weight is 280 g/mol. The van der Waals surface area contributed by atoms with Gasteiger partial charge in [0.25, 0.3) is 0 Å². The van der Waals surface area contributed by atoms with Crippen molar-refractivity contribution in [2.45, 2.75) is 52.1 Å². The molecule has 0 aliphatic heterocycles. The van der Waals surface area contributed by atoms with Gasteiger partial charge in [0, 0.05) is 0 Å². The molecule has 112 valence electrons. The van der Waals surface area contributed by atoms with Crippen molar-refractivity contribution in [2.24, 2.45) is 11.3 Å². The van der Waals surface area contributed by atoms with Gasteiger partial charge in [-0.05, 0) is 36.3 Å². The van der Waals surface area contributed by atoms with Crippen LogP contribution in [-0.2, 0) is 10.3 Å². The van der Waals surface area contributed by atoms with Gasteiger partial charge in [0.15, 0.2) is 0 Å². The molecule has 0 amide bonds. The summed E-state index contributed by atoms with van der Waals surface area (Å²) in [5, 5.41) is 11.2. The molecule has 1 aliphatic carbocycles. The molecule has 4 nitrogen and oxygen atoms in total. The SMILES string of the molecule is COC(=O)c1ccc(C2(O)CCCCC2C(C)(C)C)o1. The monoisotopic (exact) mass is 280 g/mol. The summed E-state index contributed by atoms with van der Waals surface area (Å²) < 4.78 is 10.2. The fourth-order valence-corrected chi connectivity index (χ4v) is 3.38. The number of carbonyl (C=O) groups is 1. The van der Waals surface area contributed by atoms with E-state index in [1.807, 2.05) is 0 Å². The minimum atomic E-state index is -0.997. The highest BCUT2D eigenvalue weighted by molar-refractivity contribution is 5.86. The molecule has 1 heterocycles. The molecule has 0 aromatic carbocycles. The molecule has 2 atom stereocenters. The van der Waals surface area contributed by atoms with Crippen LogP contribution in [0.25, 0.3) is 0 Å². The molecule has 1 aromatic rings. The van der Waals surface area contributed by atoms with E-state index in [0.717, 1.165) is 19.3 Å². The smallest absolute Gasteiger partial charge is 0.373 e. The van der Waals surface area contributed by atoms with Gasteiger partial charge < -0.3 is 14.3 Å². The van der Waals surface area contributed by atoms with E-state index < -0.39 is 11.6 Å². The van der Waals surface area contributed by atoms with E-state index in [1.54, 1.807) is 12.1 Å². The largest absolute Gasteiger partial charge is 0.463 e. The number of ether oxygens (including phenoxy) is 1. The van der Waals surface area contributed by atoms with Crippen LogP contribution < -0.4 is 0 Å². The second kappa shape index (κ2) is 5.24. The predicted molar refractivity (Wildman–Crippen MR) is 75.4 cm³/mol. The third-order valence-corrected chi connectivity index (χ3v) is 4.34. The van der Waals surface area contributed by atoms with Crippen LogP contribution in [0.5, 0.6) is 0 Å². The van der Waals surface area contributed by atoms with Gasteiger partial charge >= 0.3 is 5.97 Å². The normalized spacial score (nSPS) is 27.4. The highest BCUT2D eigenvalue weighted by atomic mass is 16.5. The van der Waals surface area contributed by atoms with E-state index in [4.69, 9.17) is 4.42 Å². The Kier molecular flexibility index (Phi) is 3.96. The Morgan fingerprint density at radius 1 is 1.40 bits per heavy atom. The Balaban J connectivity index is 2.36. The molecule has 0 spiro atoms. The number of esters is 1. The van der Waals surface area contributed by atoms with Crippen LogP contribution in [-0.4, -0.2) is 18.2 Å². The molecule has 0 bridgehead atoms. The summed E-state index contributed by atoms with van der Waals surface area (Å²) >= 11 is 0.